The molecule has 0 saturated carbocycles. The summed E-state index contributed by atoms with van der Waals surface area (Å²) in [5, 5.41) is 11.4. The van der Waals surface area contributed by atoms with Crippen LogP contribution in [-0.4, -0.2) is 65.0 Å². The normalized spacial score (nSPS) is 22.9. The van der Waals surface area contributed by atoms with Gasteiger partial charge in [-0.05, 0) is 26.3 Å². The molecule has 2 saturated heterocycles. The quantitative estimate of drug-likeness (QED) is 0.694. The van der Waals surface area contributed by atoms with Crippen LogP contribution in [-0.2, 0) is 9.59 Å². The van der Waals surface area contributed by atoms with Crippen molar-refractivity contribution < 1.29 is 19.5 Å². The van der Waals surface area contributed by atoms with Gasteiger partial charge in [0.15, 0.2) is 0 Å². The fourth-order valence-corrected chi connectivity index (χ4v) is 2.61. The maximum Gasteiger partial charge on any atom is 0.325 e. The molecule has 2 aliphatic heterocycles. The minimum absolute atomic E-state index is 0.0349. The van der Waals surface area contributed by atoms with E-state index in [0.717, 1.165) is 18.0 Å². The van der Waals surface area contributed by atoms with Gasteiger partial charge >= 0.3 is 12.0 Å². The molecule has 2 N–H and O–H groups in total. The molecule has 0 bridgehead atoms. The number of hydrogen-bond donors (Lipinski definition) is 2. The van der Waals surface area contributed by atoms with Crippen molar-refractivity contribution in [1.82, 2.24) is 15.1 Å². The molecular weight excluding hydrogens is 250 g/mol. The lowest BCUT2D eigenvalue weighted by molar-refractivity contribution is -0.138. The first-order chi connectivity index (χ1) is 8.94. The molecule has 0 aromatic rings. The molecule has 0 aliphatic carbocycles. The highest BCUT2D eigenvalue weighted by molar-refractivity contribution is 6.07. The number of carbonyl (C=O) groups is 3. The minimum Gasteiger partial charge on any atom is -0.481 e. The van der Waals surface area contributed by atoms with Crippen molar-refractivity contribution >= 4 is 17.9 Å². The van der Waals surface area contributed by atoms with Crippen molar-refractivity contribution in [2.45, 2.75) is 31.2 Å². The second kappa shape index (κ2) is 5.16. The predicted molar refractivity (Wildman–Crippen MR) is 66.6 cm³/mol. The van der Waals surface area contributed by atoms with Gasteiger partial charge in [-0.1, -0.05) is 0 Å². The Labute approximate surface area is 111 Å². The number of likely N-dealkylation sites (tertiary alicyclic amines) is 1. The van der Waals surface area contributed by atoms with Crippen LogP contribution in [0.25, 0.3) is 0 Å². The van der Waals surface area contributed by atoms with E-state index >= 15 is 0 Å². The molecule has 0 unspecified atom stereocenters. The molecule has 1 spiro atoms. The zero-order chi connectivity index (χ0) is 14.0. The fourth-order valence-electron chi connectivity index (χ4n) is 2.61. The van der Waals surface area contributed by atoms with Crippen LogP contribution in [0.2, 0.25) is 0 Å². The molecule has 7 nitrogen and oxygen atoms in total. The summed E-state index contributed by atoms with van der Waals surface area (Å²) in [5.74, 6) is -1.11. The molecule has 7 heteroatoms. The number of imide groups is 1. The van der Waals surface area contributed by atoms with Crippen LogP contribution < -0.4 is 5.32 Å². The van der Waals surface area contributed by atoms with Crippen LogP contribution >= 0.6 is 0 Å². The number of carboxylic acids is 1. The van der Waals surface area contributed by atoms with Crippen molar-refractivity contribution in [1.29, 1.82) is 0 Å². The van der Waals surface area contributed by atoms with Crippen LogP contribution in [0.4, 0.5) is 4.79 Å². The summed E-state index contributed by atoms with van der Waals surface area (Å²) in [6.45, 7) is 1.72. The molecular formula is C12H19N3O4. The Balaban J connectivity index is 1.98. The average molecular weight is 269 g/mol. The summed E-state index contributed by atoms with van der Waals surface area (Å²) in [4.78, 5) is 37.9. The van der Waals surface area contributed by atoms with Gasteiger partial charge in [-0.15, -0.1) is 0 Å². The van der Waals surface area contributed by atoms with Gasteiger partial charge < -0.3 is 15.3 Å². The zero-order valence-corrected chi connectivity index (χ0v) is 11.0. The van der Waals surface area contributed by atoms with Crippen molar-refractivity contribution in [3.05, 3.63) is 0 Å². The van der Waals surface area contributed by atoms with Crippen LogP contribution in [0, 0.1) is 0 Å². The molecule has 2 rings (SSSR count). The lowest BCUT2D eigenvalue weighted by Crippen LogP contribution is -2.54. The minimum atomic E-state index is -0.916. The first-order valence-corrected chi connectivity index (χ1v) is 6.49. The molecule has 2 aliphatic rings. The Hall–Kier alpha value is -1.63. The van der Waals surface area contributed by atoms with Gasteiger partial charge in [-0.2, -0.15) is 0 Å². The van der Waals surface area contributed by atoms with E-state index in [-0.39, 0.29) is 24.9 Å². The number of hydrogen-bond acceptors (Lipinski definition) is 4. The highest BCUT2D eigenvalue weighted by atomic mass is 16.4. The fraction of sp³-hybridized carbons (Fsp3) is 0.750. The average Bonchev–Trinajstić information content (AvgIpc) is 2.57. The van der Waals surface area contributed by atoms with E-state index in [9.17, 15) is 14.4 Å². The smallest absolute Gasteiger partial charge is 0.325 e. The predicted octanol–water partition coefficient (Wildman–Crippen LogP) is -0.133. The number of piperidine rings is 1. The number of carbonyl (C=O) groups excluding carboxylic acids is 2. The summed E-state index contributed by atoms with van der Waals surface area (Å²) in [6, 6.07) is -0.389. The van der Waals surface area contributed by atoms with E-state index < -0.39 is 11.5 Å². The van der Waals surface area contributed by atoms with Gasteiger partial charge in [0.2, 0.25) is 0 Å². The second-order valence-corrected chi connectivity index (χ2v) is 5.27. The van der Waals surface area contributed by atoms with E-state index in [1.165, 1.54) is 0 Å². The monoisotopic (exact) mass is 269 g/mol. The van der Waals surface area contributed by atoms with Crippen molar-refractivity contribution in [3.8, 4) is 0 Å². The van der Waals surface area contributed by atoms with E-state index in [1.54, 1.807) is 0 Å². The molecule has 0 atom stereocenters. The number of aliphatic carboxylic acids is 1. The third-order valence-corrected chi connectivity index (χ3v) is 3.86. The summed E-state index contributed by atoms with van der Waals surface area (Å²) in [6.07, 6.45) is 1.49. The SMILES string of the molecule is CN1CCC2(CC1)NC(=O)N(CCCC(=O)O)C2=O. The molecule has 0 radical (unpaired) electrons. The Morgan fingerprint density at radius 2 is 2.00 bits per heavy atom. The molecule has 0 aromatic heterocycles. The molecule has 2 fully saturated rings. The second-order valence-electron chi connectivity index (χ2n) is 5.27. The number of carboxylic acid groups (broad SMARTS) is 1. The Morgan fingerprint density at radius 1 is 1.37 bits per heavy atom. The highest BCUT2D eigenvalue weighted by Gasteiger charge is 2.51. The molecule has 2 heterocycles. The third-order valence-electron chi connectivity index (χ3n) is 3.86. The Bertz CT molecular complexity index is 402. The lowest BCUT2D eigenvalue weighted by Gasteiger charge is -2.35. The number of amides is 3. The summed E-state index contributed by atoms with van der Waals surface area (Å²) in [7, 11) is 1.98. The van der Waals surface area contributed by atoms with Crippen LogP contribution in [0.15, 0.2) is 0 Å². The van der Waals surface area contributed by atoms with Gasteiger partial charge in [0.1, 0.15) is 5.54 Å². The van der Waals surface area contributed by atoms with Crippen LogP contribution in [0.1, 0.15) is 25.7 Å². The standard InChI is InChI=1S/C12H19N3O4/c1-14-7-4-12(5-8-14)10(18)15(11(19)13-12)6-2-3-9(16)17/h2-8H2,1H3,(H,13,19)(H,16,17). The zero-order valence-electron chi connectivity index (χ0n) is 11.0. The molecule has 19 heavy (non-hydrogen) atoms. The molecule has 0 aromatic carbocycles. The van der Waals surface area contributed by atoms with Crippen molar-refractivity contribution in [2.24, 2.45) is 0 Å². The lowest BCUT2D eigenvalue weighted by atomic mass is 9.87. The van der Waals surface area contributed by atoms with Gasteiger partial charge in [-0.25, -0.2) is 4.79 Å². The Morgan fingerprint density at radius 3 is 2.58 bits per heavy atom. The molecule has 3 amide bonds. The third kappa shape index (κ3) is 2.70. The van der Waals surface area contributed by atoms with Crippen molar-refractivity contribution in [2.75, 3.05) is 26.7 Å². The van der Waals surface area contributed by atoms with Crippen LogP contribution in [0.3, 0.4) is 0 Å². The van der Waals surface area contributed by atoms with Crippen molar-refractivity contribution in [3.63, 3.8) is 0 Å². The number of nitrogens with zero attached hydrogens (tertiary/aromatic N) is 2. The summed E-state index contributed by atoms with van der Waals surface area (Å²) in [5.41, 5.74) is -0.757. The number of nitrogens with one attached hydrogen (secondary N) is 1. The van der Waals surface area contributed by atoms with E-state index in [2.05, 4.69) is 10.2 Å². The first kappa shape index (κ1) is 13.8. The van der Waals surface area contributed by atoms with E-state index in [0.29, 0.717) is 19.3 Å². The highest BCUT2D eigenvalue weighted by Crippen LogP contribution is 2.29. The summed E-state index contributed by atoms with van der Waals surface area (Å²) < 4.78 is 0. The first-order valence-electron chi connectivity index (χ1n) is 6.49. The maximum absolute atomic E-state index is 12.4. The Kier molecular flexibility index (Phi) is 3.75. The number of rotatable bonds is 4. The van der Waals surface area contributed by atoms with Gasteiger partial charge in [-0.3, -0.25) is 14.5 Å². The summed E-state index contributed by atoms with van der Waals surface area (Å²) >= 11 is 0. The van der Waals surface area contributed by atoms with E-state index in [1.807, 2.05) is 7.05 Å². The van der Waals surface area contributed by atoms with E-state index in [4.69, 9.17) is 5.11 Å². The van der Waals surface area contributed by atoms with Gasteiger partial charge in [0.25, 0.3) is 5.91 Å². The largest absolute Gasteiger partial charge is 0.481 e. The van der Waals surface area contributed by atoms with Crippen LogP contribution in [0.5, 0.6) is 0 Å². The van der Waals surface area contributed by atoms with Gasteiger partial charge in [0, 0.05) is 26.1 Å². The van der Waals surface area contributed by atoms with Gasteiger partial charge in [0.05, 0.1) is 0 Å². The topological polar surface area (TPSA) is 90.0 Å². The maximum atomic E-state index is 12.4. The molecule has 106 valence electrons. The number of urea groups is 1.